The number of aromatic nitrogens is 2. The molecule has 0 amide bonds. The third-order valence-corrected chi connectivity index (χ3v) is 2.98. The first kappa shape index (κ1) is 12.2. The van der Waals surface area contributed by atoms with Crippen LogP contribution in [0.5, 0.6) is 0 Å². The number of carbonyl (C=O) groups is 1. The summed E-state index contributed by atoms with van der Waals surface area (Å²) >= 11 is 0. The van der Waals surface area contributed by atoms with Gasteiger partial charge in [0.1, 0.15) is 0 Å². The van der Waals surface area contributed by atoms with E-state index in [0.717, 1.165) is 4.57 Å². The van der Waals surface area contributed by atoms with Gasteiger partial charge in [0.2, 0.25) is 0 Å². The molecule has 0 aliphatic heterocycles. The smallest absolute Gasteiger partial charge is 0.422 e. The number of carboxylic acid groups (broad SMARTS) is 1. The molecule has 0 saturated carbocycles. The van der Waals surface area contributed by atoms with Gasteiger partial charge in [-0.3, -0.25) is 0 Å². The summed E-state index contributed by atoms with van der Waals surface area (Å²) in [6.45, 7) is 0. The fourth-order valence-electron chi connectivity index (χ4n) is 2.14. The van der Waals surface area contributed by atoms with Gasteiger partial charge in [0.05, 0.1) is 0 Å². The summed E-state index contributed by atoms with van der Waals surface area (Å²) in [7, 11) is 0. The molecule has 20 heavy (non-hydrogen) atoms. The second-order valence-electron chi connectivity index (χ2n) is 4.21. The molecule has 3 rings (SSSR count). The first-order valence-electron chi connectivity index (χ1n) is 5.92. The normalized spacial score (nSPS) is 12.4. The van der Waals surface area contributed by atoms with Gasteiger partial charge in [0.15, 0.2) is 17.3 Å². The number of hydrogen-bond acceptors (Lipinski definition) is 4. The maximum absolute atomic E-state index is 12.0. The van der Waals surface area contributed by atoms with Gasteiger partial charge in [0.25, 0.3) is 0 Å². The molecule has 0 bridgehead atoms. The number of pyridine rings is 1. The minimum atomic E-state index is -1.17. The number of benzene rings is 1. The lowest BCUT2D eigenvalue weighted by molar-refractivity contribution is -0.139. The van der Waals surface area contributed by atoms with Crippen LogP contribution >= 0.6 is 0 Å². The molecule has 2 heterocycles. The van der Waals surface area contributed by atoms with Crippen molar-refractivity contribution in [3.8, 4) is 0 Å². The Morgan fingerprint density at radius 1 is 1.20 bits per heavy atom. The number of oxazole rings is 1. The van der Waals surface area contributed by atoms with Crippen LogP contribution in [-0.2, 0) is 4.79 Å². The number of carboxylic acids is 1. The van der Waals surface area contributed by atoms with Gasteiger partial charge < -0.3 is 9.52 Å². The Hall–Kier alpha value is -2.89. The molecule has 1 atom stereocenters. The summed E-state index contributed by atoms with van der Waals surface area (Å²) in [5.41, 5.74) is 0.962. The molecule has 0 aliphatic rings. The number of aliphatic carboxylic acids is 1. The monoisotopic (exact) mass is 270 g/mol. The van der Waals surface area contributed by atoms with E-state index in [1.165, 1.54) is 6.20 Å². The molecule has 6 nitrogen and oxygen atoms in total. The van der Waals surface area contributed by atoms with E-state index < -0.39 is 17.8 Å². The fourth-order valence-corrected chi connectivity index (χ4v) is 2.14. The van der Waals surface area contributed by atoms with Crippen LogP contribution in [0.4, 0.5) is 0 Å². The molecule has 0 spiro atoms. The minimum absolute atomic E-state index is 0.216. The average Bonchev–Trinajstić information content (AvgIpc) is 2.77. The predicted octanol–water partition coefficient (Wildman–Crippen LogP) is 1.66. The fraction of sp³-hybridized carbons (Fsp3) is 0.0714. The molecule has 0 aliphatic carbocycles. The van der Waals surface area contributed by atoms with Crippen LogP contribution in [0.25, 0.3) is 11.2 Å². The van der Waals surface area contributed by atoms with Crippen molar-refractivity contribution in [2.45, 2.75) is 6.04 Å². The summed E-state index contributed by atoms with van der Waals surface area (Å²) < 4.78 is 6.08. The third-order valence-electron chi connectivity index (χ3n) is 2.98. The standard InChI is InChI=1S/C14H10N2O4/c17-13(18)11(9-5-2-1-3-6-9)16-12-10(20-14(16)19)7-4-8-15-12/h1-8,11H,(H,17,18). The summed E-state index contributed by atoms with van der Waals surface area (Å²) in [5.74, 6) is -1.89. The lowest BCUT2D eigenvalue weighted by atomic mass is 10.1. The molecule has 1 aromatic carbocycles. The van der Waals surface area contributed by atoms with Crippen molar-refractivity contribution < 1.29 is 14.3 Å². The van der Waals surface area contributed by atoms with E-state index in [1.807, 2.05) is 0 Å². The van der Waals surface area contributed by atoms with Gasteiger partial charge in [-0.05, 0) is 17.7 Å². The first-order valence-corrected chi connectivity index (χ1v) is 5.92. The van der Waals surface area contributed by atoms with Gasteiger partial charge in [-0.25, -0.2) is 19.1 Å². The highest BCUT2D eigenvalue weighted by molar-refractivity contribution is 5.79. The molecule has 0 saturated heterocycles. The second kappa shape index (κ2) is 4.65. The summed E-state index contributed by atoms with van der Waals surface area (Å²) in [4.78, 5) is 27.6. The number of nitrogens with zero attached hydrogens (tertiary/aromatic N) is 2. The molecule has 6 heteroatoms. The zero-order valence-electron chi connectivity index (χ0n) is 10.3. The Kier molecular flexibility index (Phi) is 2.83. The van der Waals surface area contributed by atoms with Crippen LogP contribution in [0.1, 0.15) is 11.6 Å². The molecule has 0 fully saturated rings. The van der Waals surface area contributed by atoms with Crippen LogP contribution in [0.2, 0.25) is 0 Å². The highest BCUT2D eigenvalue weighted by Gasteiger charge is 2.27. The Bertz CT molecular complexity index is 820. The molecular weight excluding hydrogens is 260 g/mol. The van der Waals surface area contributed by atoms with E-state index in [9.17, 15) is 14.7 Å². The van der Waals surface area contributed by atoms with E-state index in [2.05, 4.69) is 4.98 Å². The first-order chi connectivity index (χ1) is 9.68. The zero-order valence-corrected chi connectivity index (χ0v) is 10.3. The highest BCUT2D eigenvalue weighted by Crippen LogP contribution is 2.21. The van der Waals surface area contributed by atoms with Crippen LogP contribution in [-0.4, -0.2) is 20.6 Å². The van der Waals surface area contributed by atoms with Crippen LogP contribution in [0.3, 0.4) is 0 Å². The molecule has 3 aromatic rings. The van der Waals surface area contributed by atoms with Crippen molar-refractivity contribution in [2.24, 2.45) is 0 Å². The van der Waals surface area contributed by atoms with Crippen molar-refractivity contribution in [3.63, 3.8) is 0 Å². The Labute approximate surface area is 112 Å². The summed E-state index contributed by atoms with van der Waals surface area (Å²) in [5, 5.41) is 9.45. The molecule has 2 aromatic heterocycles. The molecule has 1 N–H and O–H groups in total. The SMILES string of the molecule is O=C(O)C(c1ccccc1)n1c(=O)oc2cccnc21. The highest BCUT2D eigenvalue weighted by atomic mass is 16.4. The summed E-state index contributed by atoms with van der Waals surface area (Å²) in [6.07, 6.45) is 1.48. The Balaban J connectivity index is 2.28. The summed E-state index contributed by atoms with van der Waals surface area (Å²) in [6, 6.07) is 10.5. The minimum Gasteiger partial charge on any atom is -0.479 e. The van der Waals surface area contributed by atoms with Crippen molar-refractivity contribution in [1.29, 1.82) is 0 Å². The molecule has 100 valence electrons. The van der Waals surface area contributed by atoms with E-state index >= 15 is 0 Å². The number of rotatable bonds is 3. The van der Waals surface area contributed by atoms with Gasteiger partial charge in [-0.15, -0.1) is 0 Å². The van der Waals surface area contributed by atoms with E-state index in [4.69, 9.17) is 4.42 Å². The number of fused-ring (bicyclic) bond motifs is 1. The lowest BCUT2D eigenvalue weighted by Crippen LogP contribution is -2.28. The van der Waals surface area contributed by atoms with Gasteiger partial charge in [-0.2, -0.15) is 0 Å². The van der Waals surface area contributed by atoms with E-state index in [1.54, 1.807) is 42.5 Å². The lowest BCUT2D eigenvalue weighted by Gasteiger charge is -2.13. The van der Waals surface area contributed by atoms with Crippen LogP contribution in [0, 0.1) is 0 Å². The van der Waals surface area contributed by atoms with Gasteiger partial charge in [-0.1, -0.05) is 30.3 Å². The van der Waals surface area contributed by atoms with E-state index in [0.29, 0.717) is 5.56 Å². The third kappa shape index (κ3) is 1.87. The second-order valence-corrected chi connectivity index (χ2v) is 4.21. The quantitative estimate of drug-likeness (QED) is 0.782. The van der Waals surface area contributed by atoms with Crippen LogP contribution < -0.4 is 5.76 Å². The number of hydrogen-bond donors (Lipinski definition) is 1. The topological polar surface area (TPSA) is 85.3 Å². The molecule has 1 unspecified atom stereocenters. The van der Waals surface area contributed by atoms with Crippen molar-refractivity contribution >= 4 is 17.2 Å². The van der Waals surface area contributed by atoms with E-state index in [-0.39, 0.29) is 11.2 Å². The van der Waals surface area contributed by atoms with Gasteiger partial charge in [0, 0.05) is 6.20 Å². The zero-order chi connectivity index (χ0) is 14.1. The maximum Gasteiger partial charge on any atom is 0.422 e. The maximum atomic E-state index is 12.0. The Morgan fingerprint density at radius 3 is 2.65 bits per heavy atom. The largest absolute Gasteiger partial charge is 0.479 e. The average molecular weight is 270 g/mol. The van der Waals surface area contributed by atoms with Crippen molar-refractivity contribution in [2.75, 3.05) is 0 Å². The molecule has 0 radical (unpaired) electrons. The Morgan fingerprint density at radius 2 is 1.95 bits per heavy atom. The van der Waals surface area contributed by atoms with Gasteiger partial charge >= 0.3 is 11.7 Å². The van der Waals surface area contributed by atoms with Crippen molar-refractivity contribution in [3.05, 3.63) is 64.8 Å². The van der Waals surface area contributed by atoms with Crippen molar-refractivity contribution in [1.82, 2.24) is 9.55 Å². The predicted molar refractivity (Wildman–Crippen MR) is 70.5 cm³/mol. The van der Waals surface area contributed by atoms with Crippen LogP contribution in [0.15, 0.2) is 57.9 Å². The molecular formula is C14H10N2O4.